The van der Waals surface area contributed by atoms with Crippen molar-refractivity contribution >= 4 is 17.7 Å². The van der Waals surface area contributed by atoms with Crippen molar-refractivity contribution in [1.82, 2.24) is 15.7 Å². The molecule has 1 saturated heterocycles. The Morgan fingerprint density at radius 2 is 2.00 bits per heavy atom. The fourth-order valence-corrected chi connectivity index (χ4v) is 3.26. The van der Waals surface area contributed by atoms with E-state index >= 15 is 0 Å². The Bertz CT molecular complexity index is 498. The first-order valence-corrected chi connectivity index (χ1v) is 9.15. The zero-order valence-corrected chi connectivity index (χ0v) is 14.7. The monoisotopic (exact) mass is 357 g/mol. The first kappa shape index (κ1) is 19.6. The van der Waals surface area contributed by atoms with Crippen LogP contribution in [-0.2, 0) is 14.4 Å². The number of likely N-dealkylation sites (tertiary alicyclic amines) is 1. The van der Waals surface area contributed by atoms with Crippen LogP contribution in [0.15, 0.2) is 0 Å². The Morgan fingerprint density at radius 1 is 1.28 bits per heavy atom. The summed E-state index contributed by atoms with van der Waals surface area (Å²) in [7, 11) is 0. The summed E-state index contributed by atoms with van der Waals surface area (Å²) >= 11 is 0. The van der Waals surface area contributed by atoms with Gasteiger partial charge in [-0.1, -0.05) is 19.8 Å². The molecule has 8 heteroatoms. The van der Waals surface area contributed by atoms with Crippen LogP contribution in [0.2, 0.25) is 0 Å². The van der Waals surface area contributed by atoms with Crippen LogP contribution in [0, 0.1) is 11.8 Å². The van der Waals surface area contributed by atoms with Crippen molar-refractivity contribution in [3.05, 3.63) is 0 Å². The van der Waals surface area contributed by atoms with Gasteiger partial charge in [-0.15, -0.1) is 0 Å². The van der Waals surface area contributed by atoms with Crippen molar-refractivity contribution < 1.29 is 24.0 Å². The molecular formula is C17H28FN3O4. The Kier molecular flexibility index (Phi) is 7.16. The lowest BCUT2D eigenvalue weighted by atomic mass is 9.94. The van der Waals surface area contributed by atoms with Crippen molar-refractivity contribution in [3.63, 3.8) is 0 Å². The van der Waals surface area contributed by atoms with Crippen LogP contribution in [0.5, 0.6) is 0 Å². The highest BCUT2D eigenvalue weighted by Crippen LogP contribution is 2.28. The van der Waals surface area contributed by atoms with Crippen molar-refractivity contribution in [2.24, 2.45) is 11.8 Å². The number of rotatable bonds is 9. The molecule has 25 heavy (non-hydrogen) atoms. The van der Waals surface area contributed by atoms with Crippen molar-refractivity contribution in [3.8, 4) is 0 Å². The zero-order valence-electron chi connectivity index (χ0n) is 14.7. The smallest absolute Gasteiger partial charge is 0.278 e. The average molecular weight is 357 g/mol. The summed E-state index contributed by atoms with van der Waals surface area (Å²) < 4.78 is 14.4. The van der Waals surface area contributed by atoms with E-state index in [0.29, 0.717) is 38.3 Å². The number of hydrogen-bond acceptors (Lipinski definition) is 4. The molecule has 2 aliphatic rings. The van der Waals surface area contributed by atoms with E-state index < -0.39 is 29.9 Å². The van der Waals surface area contributed by atoms with Crippen molar-refractivity contribution in [2.75, 3.05) is 13.1 Å². The lowest BCUT2D eigenvalue weighted by molar-refractivity contribution is -0.149. The third kappa shape index (κ3) is 5.14. The van der Waals surface area contributed by atoms with Crippen LogP contribution in [-0.4, -0.2) is 53.1 Å². The van der Waals surface area contributed by atoms with E-state index in [9.17, 15) is 18.8 Å². The number of carbonyl (C=O) groups excluding carboxylic acids is 3. The SMILES string of the molecule is CCCCC(C(=O)N1CCC[C@H]1C(=O)NCC1CC1)C(F)C(=O)NO. The summed E-state index contributed by atoms with van der Waals surface area (Å²) in [4.78, 5) is 38.0. The molecule has 0 aromatic carbocycles. The summed E-state index contributed by atoms with van der Waals surface area (Å²) in [5.74, 6) is -2.58. The molecule has 2 rings (SSSR count). The number of nitrogens with zero attached hydrogens (tertiary/aromatic N) is 1. The number of nitrogens with one attached hydrogen (secondary N) is 2. The Balaban J connectivity index is 2.03. The molecule has 1 aliphatic heterocycles. The number of carbonyl (C=O) groups is 3. The highest BCUT2D eigenvalue weighted by atomic mass is 19.1. The number of hydrogen-bond donors (Lipinski definition) is 3. The molecule has 3 amide bonds. The van der Waals surface area contributed by atoms with Gasteiger partial charge < -0.3 is 10.2 Å². The Hall–Kier alpha value is -1.70. The van der Waals surface area contributed by atoms with Crippen LogP contribution in [0.25, 0.3) is 0 Å². The molecule has 7 nitrogen and oxygen atoms in total. The van der Waals surface area contributed by atoms with E-state index in [-0.39, 0.29) is 12.3 Å². The van der Waals surface area contributed by atoms with E-state index in [2.05, 4.69) is 5.32 Å². The van der Waals surface area contributed by atoms with Crippen LogP contribution < -0.4 is 10.8 Å². The third-order valence-corrected chi connectivity index (χ3v) is 5.00. The topological polar surface area (TPSA) is 98.7 Å². The maximum Gasteiger partial charge on any atom is 0.278 e. The molecule has 2 unspecified atom stereocenters. The van der Waals surface area contributed by atoms with Gasteiger partial charge in [0.25, 0.3) is 5.91 Å². The number of alkyl halides is 1. The number of unbranched alkanes of at least 4 members (excludes halogenated alkanes) is 1. The van der Waals surface area contributed by atoms with E-state index in [1.165, 1.54) is 10.4 Å². The molecule has 3 atom stereocenters. The molecule has 1 aliphatic carbocycles. The van der Waals surface area contributed by atoms with Gasteiger partial charge in [0.05, 0.1) is 5.92 Å². The first-order chi connectivity index (χ1) is 12.0. The Labute approximate surface area is 147 Å². The zero-order chi connectivity index (χ0) is 18.4. The second-order valence-electron chi connectivity index (χ2n) is 7.00. The number of amides is 3. The summed E-state index contributed by atoms with van der Waals surface area (Å²) in [6.07, 6.45) is 2.88. The second kappa shape index (κ2) is 9.12. The van der Waals surface area contributed by atoms with Crippen molar-refractivity contribution in [1.29, 1.82) is 0 Å². The molecule has 3 N–H and O–H groups in total. The van der Waals surface area contributed by atoms with Gasteiger partial charge in [-0.25, -0.2) is 9.87 Å². The fraction of sp³-hybridized carbons (Fsp3) is 0.824. The molecule has 0 bridgehead atoms. The van der Waals surface area contributed by atoms with E-state index in [1.807, 2.05) is 6.92 Å². The van der Waals surface area contributed by atoms with Crippen LogP contribution in [0.1, 0.15) is 51.9 Å². The normalized spacial score (nSPS) is 22.4. The fourth-order valence-electron chi connectivity index (χ4n) is 3.26. The van der Waals surface area contributed by atoms with E-state index in [4.69, 9.17) is 5.21 Å². The summed E-state index contributed by atoms with van der Waals surface area (Å²) in [6.45, 7) is 2.91. The molecule has 2 fully saturated rings. The highest BCUT2D eigenvalue weighted by molar-refractivity contribution is 5.92. The Morgan fingerprint density at radius 3 is 2.60 bits per heavy atom. The quantitative estimate of drug-likeness (QED) is 0.426. The summed E-state index contributed by atoms with van der Waals surface area (Å²) in [5, 5.41) is 11.5. The molecule has 1 saturated carbocycles. The van der Waals surface area contributed by atoms with Crippen molar-refractivity contribution in [2.45, 2.75) is 64.1 Å². The van der Waals surface area contributed by atoms with Gasteiger partial charge in [0, 0.05) is 13.1 Å². The molecule has 0 aromatic heterocycles. The predicted octanol–water partition coefficient (Wildman–Crippen LogP) is 1.15. The van der Waals surface area contributed by atoms with Gasteiger partial charge in [-0.05, 0) is 38.0 Å². The van der Waals surface area contributed by atoms with Crippen LogP contribution in [0.4, 0.5) is 4.39 Å². The van der Waals surface area contributed by atoms with E-state index in [1.54, 1.807) is 0 Å². The summed E-state index contributed by atoms with van der Waals surface area (Å²) in [6, 6.07) is -0.597. The van der Waals surface area contributed by atoms with Gasteiger partial charge in [0.15, 0.2) is 6.17 Å². The highest BCUT2D eigenvalue weighted by Gasteiger charge is 2.41. The lowest BCUT2D eigenvalue weighted by Crippen LogP contribution is -2.51. The maximum absolute atomic E-state index is 14.4. The number of halogens is 1. The largest absolute Gasteiger partial charge is 0.354 e. The standard InChI is InChI=1S/C17H28FN3O4/c1-2-3-5-12(14(18)16(23)20-25)17(24)21-9-4-6-13(21)15(22)19-10-11-7-8-11/h11-14,25H,2-10H2,1H3,(H,19,22)(H,20,23)/t12?,13-,14?/m0/s1. The molecular weight excluding hydrogens is 329 g/mol. The van der Waals surface area contributed by atoms with Gasteiger partial charge in [0.1, 0.15) is 6.04 Å². The van der Waals surface area contributed by atoms with Gasteiger partial charge in [-0.3, -0.25) is 19.6 Å². The average Bonchev–Trinajstić information content (AvgIpc) is 3.32. The van der Waals surface area contributed by atoms with Gasteiger partial charge >= 0.3 is 0 Å². The molecule has 142 valence electrons. The minimum Gasteiger partial charge on any atom is -0.354 e. The van der Waals surface area contributed by atoms with E-state index in [0.717, 1.165) is 19.3 Å². The number of hydroxylamine groups is 1. The third-order valence-electron chi connectivity index (χ3n) is 5.00. The van der Waals surface area contributed by atoms with Gasteiger partial charge in [-0.2, -0.15) is 0 Å². The lowest BCUT2D eigenvalue weighted by Gasteiger charge is -2.29. The predicted molar refractivity (Wildman–Crippen MR) is 88.3 cm³/mol. The molecule has 0 spiro atoms. The minimum absolute atomic E-state index is 0.200. The summed E-state index contributed by atoms with van der Waals surface area (Å²) in [5.41, 5.74) is 1.28. The minimum atomic E-state index is -2.13. The molecule has 0 aromatic rings. The molecule has 1 heterocycles. The first-order valence-electron chi connectivity index (χ1n) is 9.15. The maximum atomic E-state index is 14.4. The molecule has 0 radical (unpaired) electrons. The van der Waals surface area contributed by atoms with Gasteiger partial charge in [0.2, 0.25) is 11.8 Å². The van der Waals surface area contributed by atoms with Crippen LogP contribution in [0.3, 0.4) is 0 Å². The second-order valence-corrected chi connectivity index (χ2v) is 7.00. The van der Waals surface area contributed by atoms with Crippen LogP contribution >= 0.6 is 0 Å².